The number of carbonyl (C=O) groups excluding carboxylic acids is 4. The Morgan fingerprint density at radius 2 is 1.79 bits per heavy atom. The Balaban J connectivity index is 1.59. The lowest BCUT2D eigenvalue weighted by Crippen LogP contribution is -2.76. The zero-order valence-corrected chi connectivity index (χ0v) is 23.2. The number of hydrogen-bond donors (Lipinski definition) is 0. The Bertz CT molecular complexity index is 1310. The minimum atomic E-state index is -1.37. The number of hydrogen-bond acceptors (Lipinski definition) is 10. The number of cyclic esters (lactones) is 1. The van der Waals surface area contributed by atoms with E-state index >= 15 is 0 Å². The average molecular weight is 543 g/mol. The van der Waals surface area contributed by atoms with E-state index in [-0.39, 0.29) is 0 Å². The van der Waals surface area contributed by atoms with Crippen LogP contribution in [0, 0.1) is 22.2 Å². The maximum atomic E-state index is 14.6. The lowest BCUT2D eigenvalue weighted by Gasteiger charge is -2.65. The highest BCUT2D eigenvalue weighted by Crippen LogP contribution is 2.81. The molecule has 4 heterocycles. The molecule has 10 heteroatoms. The largest absolute Gasteiger partial charge is 0.472 e. The number of carbonyl (C=O) groups is 4. The van der Waals surface area contributed by atoms with Gasteiger partial charge in [-0.1, -0.05) is 26.8 Å². The van der Waals surface area contributed by atoms with Gasteiger partial charge in [0, 0.05) is 34.8 Å². The van der Waals surface area contributed by atoms with Gasteiger partial charge in [-0.2, -0.15) is 0 Å². The van der Waals surface area contributed by atoms with Gasteiger partial charge >= 0.3 is 17.9 Å². The van der Waals surface area contributed by atoms with Crippen LogP contribution < -0.4 is 0 Å². The third kappa shape index (κ3) is 2.79. The predicted octanol–water partition coefficient (Wildman–Crippen LogP) is 3.24. The van der Waals surface area contributed by atoms with Gasteiger partial charge in [0.25, 0.3) is 0 Å². The second-order valence-corrected chi connectivity index (χ2v) is 12.7. The van der Waals surface area contributed by atoms with Crippen molar-refractivity contribution in [1.29, 1.82) is 0 Å². The molecule has 10 nitrogen and oxygen atoms in total. The Hall–Kier alpha value is -2.98. The smallest absolute Gasteiger partial charge is 0.339 e. The van der Waals surface area contributed by atoms with Crippen LogP contribution in [0.25, 0.3) is 0 Å². The lowest BCUT2D eigenvalue weighted by atomic mass is 9.37. The van der Waals surface area contributed by atoms with Crippen molar-refractivity contribution in [2.75, 3.05) is 7.11 Å². The highest BCUT2D eigenvalue weighted by Gasteiger charge is 2.93. The molecular formula is C29H34O10. The molecule has 2 aliphatic carbocycles. The van der Waals surface area contributed by atoms with Crippen LogP contribution in [0.1, 0.15) is 66.1 Å². The first-order valence-electron chi connectivity index (χ1n) is 13.3. The quantitative estimate of drug-likeness (QED) is 0.242. The van der Waals surface area contributed by atoms with Gasteiger partial charge in [-0.15, -0.1) is 0 Å². The molecule has 0 bridgehead atoms. The molecule has 3 aliphatic heterocycles. The van der Waals surface area contributed by atoms with Gasteiger partial charge in [-0.25, -0.2) is 9.59 Å². The van der Waals surface area contributed by atoms with Gasteiger partial charge in [0.1, 0.15) is 17.3 Å². The molecule has 6 rings (SSSR count). The fraction of sp³-hybridized carbons (Fsp3) is 0.655. The molecule has 9 atom stereocenters. The number of furan rings is 1. The molecule has 1 aromatic rings. The van der Waals surface area contributed by atoms with Crippen molar-refractivity contribution in [3.05, 3.63) is 36.3 Å². The van der Waals surface area contributed by atoms with Crippen molar-refractivity contribution in [2.45, 2.75) is 89.5 Å². The van der Waals surface area contributed by atoms with E-state index in [9.17, 15) is 19.2 Å². The number of fused-ring (bicyclic) bond motifs is 1. The topological polar surface area (TPSA) is 134 Å². The van der Waals surface area contributed by atoms with Crippen molar-refractivity contribution in [2.24, 2.45) is 22.2 Å². The molecule has 0 amide bonds. The Morgan fingerprint density at radius 1 is 1.10 bits per heavy atom. The minimum absolute atomic E-state index is 0.399. The molecule has 3 saturated heterocycles. The number of methoxy groups -OCH3 is 1. The van der Waals surface area contributed by atoms with Crippen molar-refractivity contribution >= 4 is 23.7 Å². The Kier molecular flexibility index (Phi) is 5.12. The third-order valence-corrected chi connectivity index (χ3v) is 10.7. The van der Waals surface area contributed by atoms with E-state index in [1.165, 1.54) is 26.4 Å². The molecule has 2 spiro atoms. The van der Waals surface area contributed by atoms with E-state index in [1.807, 2.05) is 34.6 Å². The second kappa shape index (κ2) is 7.60. The molecule has 1 aromatic heterocycles. The van der Waals surface area contributed by atoms with Crippen LogP contribution >= 0.6 is 0 Å². The molecule has 0 N–H and O–H groups in total. The average Bonchev–Trinajstić information content (AvgIpc) is 3.68. The van der Waals surface area contributed by atoms with E-state index in [1.54, 1.807) is 18.4 Å². The molecule has 2 saturated carbocycles. The molecule has 0 radical (unpaired) electrons. The summed E-state index contributed by atoms with van der Waals surface area (Å²) in [5.41, 5.74) is -5.78. The first-order valence-corrected chi connectivity index (χ1v) is 13.3. The van der Waals surface area contributed by atoms with Crippen molar-refractivity contribution in [1.82, 2.24) is 0 Å². The normalized spacial score (nSPS) is 47.1. The van der Waals surface area contributed by atoms with Gasteiger partial charge in [0.05, 0.1) is 19.6 Å². The summed E-state index contributed by atoms with van der Waals surface area (Å²) in [6, 6.07) is 1.75. The molecule has 5 aliphatic rings. The zero-order chi connectivity index (χ0) is 28.4. The molecule has 210 valence electrons. The van der Waals surface area contributed by atoms with Gasteiger partial charge in [0.2, 0.25) is 5.78 Å². The maximum Gasteiger partial charge on any atom is 0.339 e. The molecule has 0 aromatic carbocycles. The van der Waals surface area contributed by atoms with E-state index in [0.717, 1.165) is 0 Å². The van der Waals surface area contributed by atoms with Crippen LogP contribution in [0.15, 0.2) is 35.2 Å². The zero-order valence-electron chi connectivity index (χ0n) is 23.2. The van der Waals surface area contributed by atoms with Gasteiger partial charge in [-0.3, -0.25) is 9.59 Å². The highest BCUT2D eigenvalue weighted by atomic mass is 16.7. The summed E-state index contributed by atoms with van der Waals surface area (Å²) >= 11 is 0. The van der Waals surface area contributed by atoms with Crippen LogP contribution in [0.5, 0.6) is 0 Å². The number of Topliss-reactive ketones (excluding diaryl/α,β-unsaturated/α-hetero) is 1. The number of ether oxygens (including phenoxy) is 5. The van der Waals surface area contributed by atoms with E-state index in [0.29, 0.717) is 18.4 Å². The molecular weight excluding hydrogens is 508 g/mol. The summed E-state index contributed by atoms with van der Waals surface area (Å²) in [6.45, 7) is 10.7. The summed E-state index contributed by atoms with van der Waals surface area (Å²) in [6.07, 6.45) is 4.28. The second-order valence-electron chi connectivity index (χ2n) is 12.7. The first-order chi connectivity index (χ1) is 18.2. The fourth-order valence-corrected chi connectivity index (χ4v) is 9.12. The van der Waals surface area contributed by atoms with Gasteiger partial charge < -0.3 is 28.1 Å². The van der Waals surface area contributed by atoms with Crippen molar-refractivity contribution in [3.63, 3.8) is 0 Å². The van der Waals surface area contributed by atoms with Crippen LogP contribution in [0.2, 0.25) is 0 Å². The molecule has 1 unspecified atom stereocenters. The Morgan fingerprint density at radius 3 is 2.36 bits per heavy atom. The lowest BCUT2D eigenvalue weighted by molar-refractivity contribution is -0.238. The highest BCUT2D eigenvalue weighted by molar-refractivity contribution is 6.00. The summed E-state index contributed by atoms with van der Waals surface area (Å²) in [5, 5.41) is 0. The van der Waals surface area contributed by atoms with Crippen LogP contribution in [0.4, 0.5) is 0 Å². The Labute approximate surface area is 226 Å². The number of ketones is 1. The minimum Gasteiger partial charge on any atom is -0.472 e. The summed E-state index contributed by atoms with van der Waals surface area (Å²) in [4.78, 5) is 52.8. The summed E-state index contributed by atoms with van der Waals surface area (Å²) in [7, 11) is 1.28. The van der Waals surface area contributed by atoms with E-state index in [2.05, 4.69) is 0 Å². The number of esters is 3. The molecule has 39 heavy (non-hydrogen) atoms. The van der Waals surface area contributed by atoms with Crippen LogP contribution in [-0.4, -0.2) is 59.8 Å². The monoisotopic (exact) mass is 542 g/mol. The maximum absolute atomic E-state index is 14.6. The van der Waals surface area contributed by atoms with Crippen LogP contribution in [-0.2, 0) is 42.9 Å². The fourth-order valence-electron chi connectivity index (χ4n) is 9.12. The number of epoxide rings is 2. The van der Waals surface area contributed by atoms with Crippen molar-refractivity contribution in [3.8, 4) is 0 Å². The van der Waals surface area contributed by atoms with Gasteiger partial charge in [-0.05, 0) is 38.7 Å². The number of rotatable bonds is 4. The summed E-state index contributed by atoms with van der Waals surface area (Å²) in [5.74, 6) is -2.54. The van der Waals surface area contributed by atoms with Gasteiger partial charge in [0.15, 0.2) is 17.8 Å². The van der Waals surface area contributed by atoms with E-state index in [4.69, 9.17) is 28.1 Å². The summed E-state index contributed by atoms with van der Waals surface area (Å²) < 4.78 is 34.7. The van der Waals surface area contributed by atoms with E-state index < -0.39 is 81.0 Å². The predicted molar refractivity (Wildman–Crippen MR) is 132 cm³/mol. The first kappa shape index (κ1) is 26.3. The third-order valence-electron chi connectivity index (χ3n) is 10.7. The van der Waals surface area contributed by atoms with Crippen molar-refractivity contribution < 1.29 is 47.3 Å². The van der Waals surface area contributed by atoms with Crippen LogP contribution in [0.3, 0.4) is 0 Å². The molecule has 5 fully saturated rings. The SMILES string of the molecule is COC(=O)/C=C\[C@]1(C)[C@H]2CC[C@@]3(C)[C@H](c4ccoc4)OC(=O)[C@H]4O[C@]43[C@]2(C)C(OC(C)=O)C(=O)[C@]12OC2(C)C. The standard InChI is InChI=1S/C29H34O10/c1-15(30)36-21-19(32)28(24(2,3)39-28)25(4,12-9-18(31)34-7)17-8-11-26(5)20(16-10-13-35-14-16)37-23(33)22-29(26,38-22)27(17,21)6/h9-10,12-14,17,20-22H,8,11H2,1-7H3/b12-9-/t17-,20+,21?,22-,25-,26+,27+,28-,29-/m1/s1.